The minimum absolute atomic E-state index is 0.346. The highest BCUT2D eigenvalue weighted by molar-refractivity contribution is 5.79. The van der Waals surface area contributed by atoms with Gasteiger partial charge in [-0.3, -0.25) is 5.43 Å². The Morgan fingerprint density at radius 2 is 2.21 bits per heavy atom. The zero-order chi connectivity index (χ0) is 10.6. The summed E-state index contributed by atoms with van der Waals surface area (Å²) in [6.07, 6.45) is 2.38. The van der Waals surface area contributed by atoms with E-state index in [0.717, 1.165) is 6.54 Å². The molecule has 0 heterocycles. The van der Waals surface area contributed by atoms with Crippen LogP contribution in [0.3, 0.4) is 0 Å². The fraction of sp³-hybridized carbons (Fsp3) is 0.889. The lowest BCUT2D eigenvalue weighted by molar-refractivity contribution is 0.368. The van der Waals surface area contributed by atoms with Crippen LogP contribution < -0.4 is 16.6 Å². The summed E-state index contributed by atoms with van der Waals surface area (Å²) < 4.78 is 0. The third-order valence-corrected chi connectivity index (χ3v) is 2.02. The second kappa shape index (κ2) is 5.17. The van der Waals surface area contributed by atoms with Gasteiger partial charge in [0.2, 0.25) is 5.96 Å². The molecule has 0 saturated heterocycles. The van der Waals surface area contributed by atoms with E-state index < -0.39 is 0 Å². The Hall–Kier alpha value is -0.810. The van der Waals surface area contributed by atoms with Crippen molar-refractivity contribution in [3.63, 3.8) is 0 Å². The molecule has 0 aliphatic heterocycles. The molecule has 5 heteroatoms. The molecule has 1 atom stereocenters. The molecule has 0 spiro atoms. The number of hydrogen-bond acceptors (Lipinski definition) is 3. The van der Waals surface area contributed by atoms with E-state index in [-0.39, 0.29) is 0 Å². The number of aliphatic imine (C=N–C) groups is 1. The number of nitrogens with one attached hydrogen (secondary N) is 2. The highest BCUT2D eigenvalue weighted by atomic mass is 15.3. The molecular weight excluding hydrogens is 178 g/mol. The van der Waals surface area contributed by atoms with E-state index in [1.807, 2.05) is 14.1 Å². The van der Waals surface area contributed by atoms with Gasteiger partial charge in [-0.2, -0.15) is 0 Å². The Balaban J connectivity index is 2.31. The van der Waals surface area contributed by atoms with Gasteiger partial charge in [-0.05, 0) is 33.9 Å². The Labute approximate surface area is 85.7 Å². The van der Waals surface area contributed by atoms with Gasteiger partial charge in [-0.15, -0.1) is 0 Å². The highest BCUT2D eigenvalue weighted by Gasteiger charge is 2.21. The van der Waals surface area contributed by atoms with E-state index in [9.17, 15) is 0 Å². The fourth-order valence-corrected chi connectivity index (χ4v) is 1.33. The van der Waals surface area contributed by atoms with E-state index in [1.54, 1.807) is 0 Å². The molecule has 1 aliphatic rings. The number of likely N-dealkylation sites (N-methyl/N-ethyl adjacent to an activating group) is 1. The lowest BCUT2D eigenvalue weighted by Gasteiger charge is -2.19. The molecule has 1 aliphatic carbocycles. The lowest BCUT2D eigenvalue weighted by Crippen LogP contribution is -2.48. The topological polar surface area (TPSA) is 65.7 Å². The number of nitrogens with zero attached hydrogens (tertiary/aromatic N) is 2. The molecule has 0 amide bonds. The van der Waals surface area contributed by atoms with Crippen LogP contribution >= 0.6 is 0 Å². The van der Waals surface area contributed by atoms with Gasteiger partial charge in [-0.25, -0.2) is 10.8 Å². The van der Waals surface area contributed by atoms with Crippen molar-refractivity contribution in [2.75, 3.05) is 20.6 Å². The van der Waals surface area contributed by atoms with Crippen LogP contribution in [0.25, 0.3) is 0 Å². The summed E-state index contributed by atoms with van der Waals surface area (Å²) in [6.45, 7) is 3.07. The van der Waals surface area contributed by atoms with Crippen LogP contribution in [0.2, 0.25) is 0 Å². The Kier molecular flexibility index (Phi) is 4.16. The van der Waals surface area contributed by atoms with Crippen molar-refractivity contribution in [2.45, 2.75) is 31.8 Å². The second-order valence-corrected chi connectivity index (χ2v) is 4.16. The largest absolute Gasteiger partial charge is 0.352 e. The molecule has 1 unspecified atom stereocenters. The second-order valence-electron chi connectivity index (χ2n) is 4.16. The zero-order valence-electron chi connectivity index (χ0n) is 9.25. The minimum Gasteiger partial charge on any atom is -0.352 e. The van der Waals surface area contributed by atoms with Crippen LogP contribution in [0.1, 0.15) is 19.8 Å². The highest BCUT2D eigenvalue weighted by Crippen LogP contribution is 2.23. The first-order valence-electron chi connectivity index (χ1n) is 5.07. The zero-order valence-corrected chi connectivity index (χ0v) is 9.25. The average Bonchev–Trinajstić information content (AvgIpc) is 2.85. The normalized spacial score (nSPS) is 19.6. The molecule has 0 aromatic heterocycles. The van der Waals surface area contributed by atoms with Crippen molar-refractivity contribution in [3.05, 3.63) is 0 Å². The molecule has 82 valence electrons. The maximum absolute atomic E-state index is 5.37. The molecule has 5 nitrogen and oxygen atoms in total. The summed E-state index contributed by atoms with van der Waals surface area (Å²) in [4.78, 5) is 6.53. The van der Waals surface area contributed by atoms with E-state index in [1.165, 1.54) is 12.8 Å². The summed E-state index contributed by atoms with van der Waals surface area (Å²) in [5.41, 5.74) is 2.60. The minimum atomic E-state index is 0.346. The van der Waals surface area contributed by atoms with Gasteiger partial charge in [0, 0.05) is 12.6 Å². The quantitative estimate of drug-likeness (QED) is 0.247. The van der Waals surface area contributed by atoms with Crippen molar-refractivity contribution in [1.82, 2.24) is 15.6 Å². The van der Waals surface area contributed by atoms with Crippen LogP contribution in [-0.4, -0.2) is 43.6 Å². The van der Waals surface area contributed by atoms with Gasteiger partial charge < -0.3 is 10.2 Å². The smallest absolute Gasteiger partial charge is 0.206 e. The van der Waals surface area contributed by atoms with Crippen LogP contribution in [0.15, 0.2) is 4.99 Å². The number of nitrogens with two attached hydrogens (primary N) is 1. The summed E-state index contributed by atoms with van der Waals surface area (Å²) in [6, 6.07) is 0.832. The third kappa shape index (κ3) is 4.43. The van der Waals surface area contributed by atoms with E-state index in [2.05, 4.69) is 27.6 Å². The average molecular weight is 199 g/mol. The Bertz CT molecular complexity index is 197. The number of hydrazine groups is 1. The lowest BCUT2D eigenvalue weighted by atomic mass is 10.3. The maximum Gasteiger partial charge on any atom is 0.206 e. The molecule has 1 fully saturated rings. The third-order valence-electron chi connectivity index (χ3n) is 2.02. The predicted molar refractivity (Wildman–Crippen MR) is 58.9 cm³/mol. The van der Waals surface area contributed by atoms with Gasteiger partial charge in [0.1, 0.15) is 0 Å². The van der Waals surface area contributed by atoms with E-state index in [4.69, 9.17) is 5.84 Å². The summed E-state index contributed by atoms with van der Waals surface area (Å²) in [5.74, 6) is 6.08. The monoisotopic (exact) mass is 199 g/mol. The van der Waals surface area contributed by atoms with E-state index in [0.29, 0.717) is 18.0 Å². The van der Waals surface area contributed by atoms with E-state index >= 15 is 0 Å². The molecule has 0 aromatic rings. The summed E-state index contributed by atoms with van der Waals surface area (Å²) in [5, 5.41) is 3.24. The van der Waals surface area contributed by atoms with Crippen molar-refractivity contribution < 1.29 is 0 Å². The molecule has 0 aromatic carbocycles. The molecular formula is C9H21N5. The first-order valence-corrected chi connectivity index (χ1v) is 5.07. The number of guanidine groups is 1. The van der Waals surface area contributed by atoms with Gasteiger partial charge in [0.15, 0.2) is 0 Å². The van der Waals surface area contributed by atoms with Crippen molar-refractivity contribution in [3.8, 4) is 0 Å². The van der Waals surface area contributed by atoms with Gasteiger partial charge in [0.25, 0.3) is 0 Å². The van der Waals surface area contributed by atoms with Gasteiger partial charge in [0.05, 0.1) is 6.04 Å². The van der Waals surface area contributed by atoms with Gasteiger partial charge in [-0.1, -0.05) is 0 Å². The maximum atomic E-state index is 5.37. The summed E-state index contributed by atoms with van der Waals surface area (Å²) in [7, 11) is 4.09. The number of rotatable bonds is 4. The van der Waals surface area contributed by atoms with Crippen molar-refractivity contribution >= 4 is 5.96 Å². The Morgan fingerprint density at radius 1 is 1.57 bits per heavy atom. The first kappa shape index (κ1) is 11.3. The predicted octanol–water partition coefficient (Wildman–Crippen LogP) is -0.492. The molecule has 4 N–H and O–H groups in total. The van der Waals surface area contributed by atoms with Gasteiger partial charge >= 0.3 is 0 Å². The fourth-order valence-electron chi connectivity index (χ4n) is 1.33. The van der Waals surface area contributed by atoms with Crippen LogP contribution in [0.5, 0.6) is 0 Å². The Morgan fingerprint density at radius 3 is 2.64 bits per heavy atom. The molecule has 0 radical (unpaired) electrons. The van der Waals surface area contributed by atoms with Crippen LogP contribution in [-0.2, 0) is 0 Å². The molecule has 1 rings (SSSR count). The molecule has 14 heavy (non-hydrogen) atoms. The van der Waals surface area contributed by atoms with Crippen molar-refractivity contribution in [1.29, 1.82) is 0 Å². The summed E-state index contributed by atoms with van der Waals surface area (Å²) >= 11 is 0. The molecule has 0 bridgehead atoms. The molecule has 1 saturated carbocycles. The van der Waals surface area contributed by atoms with Crippen LogP contribution in [0.4, 0.5) is 0 Å². The standard InChI is InChI=1S/C9H21N5/c1-7(6-14(2)3)11-9(13-10)12-8-4-5-8/h7-8H,4-6,10H2,1-3H3,(H2,11,12,13). The van der Waals surface area contributed by atoms with Crippen LogP contribution in [0, 0.1) is 0 Å². The first-order chi connectivity index (χ1) is 6.61. The van der Waals surface area contributed by atoms with Crippen molar-refractivity contribution in [2.24, 2.45) is 10.8 Å². The SMILES string of the molecule is CC(CN(C)C)NC(=NC1CC1)NN. The number of hydrogen-bond donors (Lipinski definition) is 3.